The zero-order valence-electron chi connectivity index (χ0n) is 14.5. The summed E-state index contributed by atoms with van der Waals surface area (Å²) in [6.07, 6.45) is 4.12. The third kappa shape index (κ3) is 4.03. The summed E-state index contributed by atoms with van der Waals surface area (Å²) < 4.78 is 0. The van der Waals surface area contributed by atoms with E-state index in [9.17, 15) is 9.90 Å². The molecule has 1 aromatic heterocycles. The van der Waals surface area contributed by atoms with Crippen molar-refractivity contribution in [3.05, 3.63) is 48.3 Å². The van der Waals surface area contributed by atoms with Crippen molar-refractivity contribution in [1.82, 2.24) is 19.8 Å². The van der Waals surface area contributed by atoms with Crippen LogP contribution < -0.4 is 0 Å². The number of aliphatic hydroxyl groups excluding tert-OH is 1. The molecular weight excluding hydrogens is 316 g/mol. The number of benzene rings is 1. The van der Waals surface area contributed by atoms with Crippen LogP contribution in [-0.4, -0.2) is 69.6 Å². The van der Waals surface area contributed by atoms with Gasteiger partial charge in [0.05, 0.1) is 12.2 Å². The maximum atomic E-state index is 12.6. The Balaban J connectivity index is 1.62. The van der Waals surface area contributed by atoms with E-state index in [0.29, 0.717) is 24.5 Å². The first-order valence-electron chi connectivity index (χ1n) is 8.74. The van der Waals surface area contributed by atoms with Crippen LogP contribution in [0.5, 0.6) is 0 Å². The highest BCUT2D eigenvalue weighted by molar-refractivity contribution is 5.93. The molecule has 0 saturated carbocycles. The smallest absolute Gasteiger partial charge is 0.257 e. The first kappa shape index (κ1) is 17.5. The second-order valence-corrected chi connectivity index (χ2v) is 6.23. The van der Waals surface area contributed by atoms with Gasteiger partial charge in [0, 0.05) is 50.2 Å². The minimum atomic E-state index is -0.0312. The monoisotopic (exact) mass is 340 g/mol. The molecule has 1 aromatic carbocycles. The number of nitrogens with zero attached hydrogens (tertiary/aromatic N) is 4. The number of aromatic nitrogens is 2. The highest BCUT2D eigenvalue weighted by Gasteiger charge is 2.25. The van der Waals surface area contributed by atoms with Crippen LogP contribution in [0.15, 0.2) is 42.7 Å². The number of carbonyl (C=O) groups is 1. The Kier molecular flexibility index (Phi) is 5.73. The Morgan fingerprint density at radius 3 is 2.32 bits per heavy atom. The average Bonchev–Trinajstić information content (AvgIpc) is 2.70. The fourth-order valence-corrected chi connectivity index (χ4v) is 3.15. The number of amides is 1. The van der Waals surface area contributed by atoms with E-state index in [4.69, 9.17) is 0 Å². The van der Waals surface area contributed by atoms with Crippen molar-refractivity contribution >= 4 is 5.91 Å². The molecule has 0 aliphatic carbocycles. The molecule has 0 spiro atoms. The van der Waals surface area contributed by atoms with Gasteiger partial charge in [-0.25, -0.2) is 9.97 Å². The minimum absolute atomic E-state index is 0.0312. The second-order valence-electron chi connectivity index (χ2n) is 6.23. The Bertz CT molecular complexity index is 678. The second kappa shape index (κ2) is 8.18. The molecule has 1 saturated heterocycles. The number of rotatable bonds is 5. The lowest BCUT2D eigenvalue weighted by Gasteiger charge is -2.38. The van der Waals surface area contributed by atoms with E-state index in [0.717, 1.165) is 25.1 Å². The lowest BCUT2D eigenvalue weighted by Crippen LogP contribution is -2.52. The molecule has 132 valence electrons. The van der Waals surface area contributed by atoms with E-state index in [-0.39, 0.29) is 18.6 Å². The largest absolute Gasteiger partial charge is 0.395 e. The standard InChI is InChI=1S/C19H24N4O2/c1-2-17(14-24)22-8-10-23(11-9-22)19(25)16-12-20-18(21-13-16)15-6-4-3-5-7-15/h3-7,12-13,17,24H,2,8-11,14H2,1H3. The fourth-order valence-electron chi connectivity index (χ4n) is 3.15. The summed E-state index contributed by atoms with van der Waals surface area (Å²) in [6, 6.07) is 9.90. The van der Waals surface area contributed by atoms with Crippen molar-refractivity contribution < 1.29 is 9.90 Å². The maximum Gasteiger partial charge on any atom is 0.257 e. The molecule has 2 heterocycles. The van der Waals surface area contributed by atoms with Gasteiger partial charge >= 0.3 is 0 Å². The van der Waals surface area contributed by atoms with E-state index < -0.39 is 0 Å². The molecule has 2 aromatic rings. The number of hydrogen-bond acceptors (Lipinski definition) is 5. The molecule has 25 heavy (non-hydrogen) atoms. The summed E-state index contributed by atoms with van der Waals surface area (Å²) in [6.45, 7) is 5.14. The Morgan fingerprint density at radius 1 is 1.12 bits per heavy atom. The van der Waals surface area contributed by atoms with Crippen LogP contribution >= 0.6 is 0 Å². The van der Waals surface area contributed by atoms with Crippen molar-refractivity contribution in [2.45, 2.75) is 19.4 Å². The normalized spacial score (nSPS) is 16.6. The third-order valence-electron chi connectivity index (χ3n) is 4.73. The van der Waals surface area contributed by atoms with Crippen LogP contribution in [0, 0.1) is 0 Å². The molecule has 3 rings (SSSR count). The Morgan fingerprint density at radius 2 is 1.76 bits per heavy atom. The summed E-state index contributed by atoms with van der Waals surface area (Å²) in [5.41, 5.74) is 1.45. The summed E-state index contributed by atoms with van der Waals surface area (Å²) >= 11 is 0. The van der Waals surface area contributed by atoms with Crippen LogP contribution in [0.4, 0.5) is 0 Å². The van der Waals surface area contributed by atoms with E-state index in [1.807, 2.05) is 35.2 Å². The molecule has 0 radical (unpaired) electrons. The number of aliphatic hydroxyl groups is 1. The van der Waals surface area contributed by atoms with Crippen molar-refractivity contribution in [1.29, 1.82) is 0 Å². The summed E-state index contributed by atoms with van der Waals surface area (Å²) in [7, 11) is 0. The summed E-state index contributed by atoms with van der Waals surface area (Å²) in [4.78, 5) is 25.4. The molecular formula is C19H24N4O2. The lowest BCUT2D eigenvalue weighted by atomic mass is 10.1. The summed E-state index contributed by atoms with van der Waals surface area (Å²) in [5.74, 6) is 0.590. The van der Waals surface area contributed by atoms with Crippen molar-refractivity contribution in [3.8, 4) is 11.4 Å². The van der Waals surface area contributed by atoms with E-state index in [1.165, 1.54) is 0 Å². The van der Waals surface area contributed by atoms with Crippen molar-refractivity contribution in [2.75, 3.05) is 32.8 Å². The van der Waals surface area contributed by atoms with Gasteiger partial charge in [0.15, 0.2) is 5.82 Å². The van der Waals surface area contributed by atoms with Crippen LogP contribution in [-0.2, 0) is 0 Å². The lowest BCUT2D eigenvalue weighted by molar-refractivity contribution is 0.0472. The third-order valence-corrected chi connectivity index (χ3v) is 4.73. The van der Waals surface area contributed by atoms with E-state index in [1.54, 1.807) is 12.4 Å². The molecule has 1 aliphatic heterocycles. The van der Waals surface area contributed by atoms with Crippen LogP contribution in [0.25, 0.3) is 11.4 Å². The Hall–Kier alpha value is -2.31. The minimum Gasteiger partial charge on any atom is -0.395 e. The fraction of sp³-hybridized carbons (Fsp3) is 0.421. The van der Waals surface area contributed by atoms with E-state index in [2.05, 4.69) is 21.8 Å². The number of hydrogen-bond donors (Lipinski definition) is 1. The molecule has 1 unspecified atom stereocenters. The SMILES string of the molecule is CCC(CO)N1CCN(C(=O)c2cnc(-c3ccccc3)nc2)CC1. The van der Waals surface area contributed by atoms with Crippen LogP contribution in [0.3, 0.4) is 0 Å². The van der Waals surface area contributed by atoms with Gasteiger partial charge in [-0.15, -0.1) is 0 Å². The molecule has 1 atom stereocenters. The highest BCUT2D eigenvalue weighted by atomic mass is 16.3. The molecule has 6 heteroatoms. The first-order valence-corrected chi connectivity index (χ1v) is 8.74. The highest BCUT2D eigenvalue weighted by Crippen LogP contribution is 2.15. The molecule has 6 nitrogen and oxygen atoms in total. The van der Waals surface area contributed by atoms with Crippen molar-refractivity contribution in [2.24, 2.45) is 0 Å². The van der Waals surface area contributed by atoms with Gasteiger partial charge in [-0.3, -0.25) is 9.69 Å². The maximum absolute atomic E-state index is 12.6. The first-order chi connectivity index (χ1) is 12.2. The summed E-state index contributed by atoms with van der Waals surface area (Å²) in [5, 5.41) is 9.41. The molecule has 1 N–H and O–H groups in total. The van der Waals surface area contributed by atoms with Gasteiger partial charge in [0.1, 0.15) is 0 Å². The van der Waals surface area contributed by atoms with Gasteiger partial charge in [-0.2, -0.15) is 0 Å². The topological polar surface area (TPSA) is 69.6 Å². The van der Waals surface area contributed by atoms with Gasteiger partial charge in [-0.1, -0.05) is 37.3 Å². The predicted molar refractivity (Wildman–Crippen MR) is 96.1 cm³/mol. The van der Waals surface area contributed by atoms with Gasteiger partial charge in [0.2, 0.25) is 0 Å². The number of piperazine rings is 1. The van der Waals surface area contributed by atoms with Crippen molar-refractivity contribution in [3.63, 3.8) is 0 Å². The average molecular weight is 340 g/mol. The Labute approximate surface area is 148 Å². The molecule has 0 bridgehead atoms. The van der Waals surface area contributed by atoms with Gasteiger partial charge in [0.25, 0.3) is 5.91 Å². The van der Waals surface area contributed by atoms with Gasteiger partial charge < -0.3 is 10.0 Å². The van der Waals surface area contributed by atoms with E-state index >= 15 is 0 Å². The zero-order valence-corrected chi connectivity index (χ0v) is 14.5. The zero-order chi connectivity index (χ0) is 17.6. The van der Waals surface area contributed by atoms with Crippen LogP contribution in [0.2, 0.25) is 0 Å². The predicted octanol–water partition coefficient (Wildman–Crippen LogP) is 1.67. The quantitative estimate of drug-likeness (QED) is 0.897. The molecule has 1 aliphatic rings. The molecule has 1 amide bonds. The number of carbonyl (C=O) groups excluding carboxylic acids is 1. The van der Waals surface area contributed by atoms with Crippen LogP contribution in [0.1, 0.15) is 23.7 Å². The molecule has 1 fully saturated rings. The van der Waals surface area contributed by atoms with Gasteiger partial charge in [-0.05, 0) is 6.42 Å².